The molecular weight excluding hydrogens is 254 g/mol. The number of nitrogens with zero attached hydrogens (tertiary/aromatic N) is 1. The van der Waals surface area contributed by atoms with Crippen molar-refractivity contribution in [1.29, 1.82) is 0 Å². The number of hydrogen-bond acceptors (Lipinski definition) is 4. The molecule has 0 saturated heterocycles. The summed E-state index contributed by atoms with van der Waals surface area (Å²) in [6, 6.07) is 3.12. The number of anilines is 1. The molecule has 3 N–H and O–H groups in total. The molecule has 18 heavy (non-hydrogen) atoms. The minimum absolute atomic E-state index is 0.0955. The van der Waals surface area contributed by atoms with Gasteiger partial charge in [0.2, 0.25) is 0 Å². The Morgan fingerprint density at radius 2 is 2.11 bits per heavy atom. The van der Waals surface area contributed by atoms with Gasteiger partial charge in [-0.05, 0) is 26.0 Å². The molecule has 0 radical (unpaired) electrons. The molecule has 2 aromatic heterocycles. The Hall–Kier alpha value is -2.15. The van der Waals surface area contributed by atoms with E-state index in [0.717, 1.165) is 10.6 Å². The van der Waals surface area contributed by atoms with Gasteiger partial charge in [-0.25, -0.2) is 4.79 Å². The van der Waals surface area contributed by atoms with E-state index in [9.17, 15) is 9.59 Å². The lowest BCUT2D eigenvalue weighted by Gasteiger charge is -2.00. The predicted octanol–water partition coefficient (Wildman–Crippen LogP) is 2.04. The molecule has 0 aliphatic heterocycles. The Morgan fingerprint density at radius 1 is 1.39 bits per heavy atom. The third-order valence-electron chi connectivity index (χ3n) is 2.25. The van der Waals surface area contributed by atoms with Crippen molar-refractivity contribution in [3.8, 4) is 0 Å². The van der Waals surface area contributed by atoms with Crippen LogP contribution >= 0.6 is 11.3 Å². The maximum atomic E-state index is 11.8. The van der Waals surface area contributed by atoms with Crippen LogP contribution < -0.4 is 5.32 Å². The number of aromatic carboxylic acids is 1. The molecule has 1 amide bonds. The van der Waals surface area contributed by atoms with Crippen LogP contribution in [-0.4, -0.2) is 27.2 Å². The van der Waals surface area contributed by atoms with Gasteiger partial charge in [0, 0.05) is 10.6 Å². The molecule has 94 valence electrons. The number of H-pyrrole nitrogens is 1. The molecule has 7 heteroatoms. The number of carbonyl (C=O) groups excluding carboxylic acids is 1. The van der Waals surface area contributed by atoms with Crippen LogP contribution in [0, 0.1) is 13.8 Å². The van der Waals surface area contributed by atoms with Crippen molar-refractivity contribution in [3.05, 3.63) is 34.0 Å². The molecule has 2 aromatic rings. The Bertz CT molecular complexity index is 615. The van der Waals surface area contributed by atoms with Gasteiger partial charge >= 0.3 is 5.97 Å². The average Bonchev–Trinajstić information content (AvgIpc) is 2.85. The summed E-state index contributed by atoms with van der Waals surface area (Å²) in [4.78, 5) is 23.6. The van der Waals surface area contributed by atoms with Crippen LogP contribution in [0.2, 0.25) is 0 Å². The molecule has 0 atom stereocenters. The van der Waals surface area contributed by atoms with Gasteiger partial charge in [0.05, 0.1) is 5.56 Å². The predicted molar refractivity (Wildman–Crippen MR) is 67.3 cm³/mol. The van der Waals surface area contributed by atoms with Gasteiger partial charge < -0.3 is 10.4 Å². The highest BCUT2D eigenvalue weighted by Gasteiger charge is 2.17. The van der Waals surface area contributed by atoms with Gasteiger partial charge in [0.1, 0.15) is 5.00 Å². The number of rotatable bonds is 3. The zero-order chi connectivity index (χ0) is 13.3. The third-order valence-corrected chi connectivity index (χ3v) is 3.22. The summed E-state index contributed by atoms with van der Waals surface area (Å²) in [7, 11) is 0. The molecule has 0 fully saturated rings. The lowest BCUT2D eigenvalue weighted by molar-refractivity contribution is 0.0698. The van der Waals surface area contributed by atoms with Crippen molar-refractivity contribution in [2.24, 2.45) is 0 Å². The number of aromatic amines is 1. The average molecular weight is 265 g/mol. The zero-order valence-corrected chi connectivity index (χ0v) is 10.6. The Labute approximate surface area is 107 Å². The summed E-state index contributed by atoms with van der Waals surface area (Å²) in [6.07, 6.45) is 0. The third kappa shape index (κ3) is 2.40. The van der Waals surface area contributed by atoms with Gasteiger partial charge in [0.15, 0.2) is 5.69 Å². The minimum Gasteiger partial charge on any atom is -0.478 e. The van der Waals surface area contributed by atoms with Crippen LogP contribution in [0.15, 0.2) is 12.1 Å². The number of aryl methyl sites for hydroxylation is 2. The summed E-state index contributed by atoms with van der Waals surface area (Å²) in [5.41, 5.74) is 1.09. The largest absolute Gasteiger partial charge is 0.478 e. The van der Waals surface area contributed by atoms with Gasteiger partial charge in [0.25, 0.3) is 5.91 Å². The number of amides is 1. The molecule has 2 rings (SSSR count). The van der Waals surface area contributed by atoms with E-state index in [0.29, 0.717) is 5.00 Å². The Kier molecular flexibility index (Phi) is 3.15. The van der Waals surface area contributed by atoms with Gasteiger partial charge in [-0.2, -0.15) is 5.10 Å². The van der Waals surface area contributed by atoms with E-state index in [1.807, 2.05) is 0 Å². The molecule has 0 aliphatic carbocycles. The van der Waals surface area contributed by atoms with Crippen molar-refractivity contribution in [2.45, 2.75) is 13.8 Å². The topological polar surface area (TPSA) is 95.1 Å². The number of hydrogen-bond donors (Lipinski definition) is 3. The summed E-state index contributed by atoms with van der Waals surface area (Å²) >= 11 is 1.22. The molecule has 0 saturated carbocycles. The smallest absolute Gasteiger partial charge is 0.338 e. The molecule has 6 nitrogen and oxygen atoms in total. The SMILES string of the molecule is Cc1cc(C(=O)Nc2sc(C)cc2C(=O)O)n[nH]1. The number of aromatic nitrogens is 2. The highest BCUT2D eigenvalue weighted by molar-refractivity contribution is 7.16. The van der Waals surface area contributed by atoms with Crippen molar-refractivity contribution >= 4 is 28.2 Å². The molecule has 0 aliphatic rings. The molecule has 0 bridgehead atoms. The number of carboxylic acids is 1. The van der Waals surface area contributed by atoms with Crippen LogP contribution in [0.1, 0.15) is 31.4 Å². The fourth-order valence-corrected chi connectivity index (χ4v) is 2.37. The van der Waals surface area contributed by atoms with E-state index in [1.165, 1.54) is 17.4 Å². The Morgan fingerprint density at radius 3 is 2.67 bits per heavy atom. The van der Waals surface area contributed by atoms with E-state index >= 15 is 0 Å². The number of thiophene rings is 1. The summed E-state index contributed by atoms with van der Waals surface area (Å²) in [5.74, 6) is -1.49. The Balaban J connectivity index is 2.24. The van der Waals surface area contributed by atoms with E-state index < -0.39 is 11.9 Å². The van der Waals surface area contributed by atoms with Crippen LogP contribution in [0.5, 0.6) is 0 Å². The summed E-state index contributed by atoms with van der Waals surface area (Å²) in [6.45, 7) is 3.56. The fourth-order valence-electron chi connectivity index (χ4n) is 1.47. The fraction of sp³-hybridized carbons (Fsp3) is 0.182. The van der Waals surface area contributed by atoms with Crippen molar-refractivity contribution in [3.63, 3.8) is 0 Å². The first-order chi connectivity index (χ1) is 8.47. The van der Waals surface area contributed by atoms with Crippen molar-refractivity contribution < 1.29 is 14.7 Å². The maximum Gasteiger partial charge on any atom is 0.338 e. The van der Waals surface area contributed by atoms with E-state index in [2.05, 4.69) is 15.5 Å². The lowest BCUT2D eigenvalue weighted by atomic mass is 10.3. The molecule has 0 aromatic carbocycles. The maximum absolute atomic E-state index is 11.8. The first-order valence-corrected chi connectivity index (χ1v) is 5.96. The molecular formula is C11H11N3O3S. The highest BCUT2D eigenvalue weighted by atomic mass is 32.1. The van der Waals surface area contributed by atoms with Gasteiger partial charge in [-0.3, -0.25) is 9.89 Å². The monoisotopic (exact) mass is 265 g/mol. The van der Waals surface area contributed by atoms with E-state index in [-0.39, 0.29) is 11.3 Å². The second-order valence-corrected chi connectivity index (χ2v) is 5.05. The lowest BCUT2D eigenvalue weighted by Crippen LogP contribution is -2.13. The summed E-state index contributed by atoms with van der Waals surface area (Å²) < 4.78 is 0. The van der Waals surface area contributed by atoms with Crippen LogP contribution in [0.25, 0.3) is 0 Å². The standard InChI is InChI=1S/C11H11N3O3S/c1-5-3-8(14-13-5)9(15)12-10-7(11(16)17)4-6(2)18-10/h3-4H,1-2H3,(H,12,15)(H,13,14)(H,16,17). The molecule has 2 heterocycles. The number of nitrogens with one attached hydrogen (secondary N) is 2. The normalized spacial score (nSPS) is 10.3. The van der Waals surface area contributed by atoms with E-state index in [1.54, 1.807) is 19.9 Å². The number of carbonyl (C=O) groups is 2. The molecule has 0 unspecified atom stereocenters. The van der Waals surface area contributed by atoms with Gasteiger partial charge in [-0.15, -0.1) is 11.3 Å². The molecule has 0 spiro atoms. The van der Waals surface area contributed by atoms with Crippen LogP contribution in [-0.2, 0) is 0 Å². The highest BCUT2D eigenvalue weighted by Crippen LogP contribution is 2.27. The van der Waals surface area contributed by atoms with Crippen molar-refractivity contribution in [2.75, 3.05) is 5.32 Å². The zero-order valence-electron chi connectivity index (χ0n) is 9.77. The van der Waals surface area contributed by atoms with Gasteiger partial charge in [-0.1, -0.05) is 0 Å². The minimum atomic E-state index is -1.06. The van der Waals surface area contributed by atoms with E-state index in [4.69, 9.17) is 5.11 Å². The number of carboxylic acid groups (broad SMARTS) is 1. The van der Waals surface area contributed by atoms with Crippen LogP contribution in [0.4, 0.5) is 5.00 Å². The van der Waals surface area contributed by atoms with Crippen molar-refractivity contribution in [1.82, 2.24) is 10.2 Å². The first kappa shape index (κ1) is 12.3. The quantitative estimate of drug-likeness (QED) is 0.791. The second kappa shape index (κ2) is 4.61. The van der Waals surface area contributed by atoms with Crippen LogP contribution in [0.3, 0.4) is 0 Å². The summed E-state index contributed by atoms with van der Waals surface area (Å²) in [5, 5.41) is 18.4. The first-order valence-electron chi connectivity index (χ1n) is 5.14. The second-order valence-electron chi connectivity index (χ2n) is 3.80.